The Bertz CT molecular complexity index is 962. The van der Waals surface area contributed by atoms with E-state index in [-0.39, 0.29) is 25.7 Å². The van der Waals surface area contributed by atoms with Crippen LogP contribution in [0, 0.1) is 0 Å². The fraction of sp³-hybridized carbons (Fsp3) is 0.478. The molecule has 0 radical (unpaired) electrons. The molecule has 0 heterocycles. The maximum Gasteiger partial charge on any atom is 0.326 e. The van der Waals surface area contributed by atoms with E-state index >= 15 is 0 Å². The normalized spacial score (nSPS) is 13.9. The first-order valence-corrected chi connectivity index (χ1v) is 12.8. The summed E-state index contributed by atoms with van der Waals surface area (Å²) in [6.07, 6.45) is 1.00. The van der Waals surface area contributed by atoms with Gasteiger partial charge in [-0.25, -0.2) is 4.79 Å². The van der Waals surface area contributed by atoms with Crippen LogP contribution in [0.3, 0.4) is 0 Å². The van der Waals surface area contributed by atoms with Crippen molar-refractivity contribution in [2.75, 3.05) is 12.0 Å². The van der Waals surface area contributed by atoms with Crippen molar-refractivity contribution in [3.63, 3.8) is 0 Å². The summed E-state index contributed by atoms with van der Waals surface area (Å²) in [7, 11) is 0. The second-order valence-corrected chi connectivity index (χ2v) is 9.26. The molecule has 1 rings (SSSR count). The number of hydrogen-bond donors (Lipinski definition) is 7. The maximum atomic E-state index is 13.0. The number of carboxylic acids is 1. The molecule has 4 unspecified atom stereocenters. The van der Waals surface area contributed by atoms with Crippen LogP contribution < -0.4 is 33.2 Å². The van der Waals surface area contributed by atoms with Crippen molar-refractivity contribution in [2.45, 2.75) is 56.3 Å². The molecule has 0 saturated carbocycles. The quantitative estimate of drug-likeness (QED) is 0.116. The number of aliphatic carboxylic acids is 1. The topological polar surface area (TPSA) is 237 Å². The van der Waals surface area contributed by atoms with Crippen molar-refractivity contribution in [3.8, 4) is 0 Å². The van der Waals surface area contributed by atoms with Crippen LogP contribution in [-0.4, -0.2) is 76.8 Å². The number of thioether (sulfide) groups is 1. The highest BCUT2D eigenvalue weighted by Gasteiger charge is 2.31. The number of nitrogens with two attached hydrogens (primary N) is 3. The minimum atomic E-state index is -1.52. The lowest BCUT2D eigenvalue weighted by atomic mass is 10.0. The Morgan fingerprint density at radius 3 is 1.95 bits per heavy atom. The highest BCUT2D eigenvalue weighted by atomic mass is 32.2. The molecule has 0 spiro atoms. The minimum Gasteiger partial charge on any atom is -0.480 e. The second kappa shape index (κ2) is 16.2. The molecule has 0 saturated heterocycles. The van der Waals surface area contributed by atoms with Gasteiger partial charge in [0.25, 0.3) is 0 Å². The van der Waals surface area contributed by atoms with Gasteiger partial charge in [-0.15, -0.1) is 0 Å². The standard InChI is InChI=1S/C23H34N6O7S/c1-37-10-9-15(27-20(32)14(24)11-13-5-3-2-4-6-13)21(33)29-17(12-19(26)31)22(34)28-16(23(35)36)7-8-18(25)30/h2-6,14-17H,7-12,24H2,1H3,(H2,25,30)(H2,26,31)(H,27,32)(H,28,34)(H,29,33)(H,35,36). The third-order valence-electron chi connectivity index (χ3n) is 5.21. The van der Waals surface area contributed by atoms with E-state index in [1.807, 2.05) is 18.2 Å². The van der Waals surface area contributed by atoms with E-state index in [0.29, 0.717) is 5.75 Å². The average Bonchev–Trinajstić information content (AvgIpc) is 2.83. The monoisotopic (exact) mass is 538 g/mol. The van der Waals surface area contributed by atoms with Crippen LogP contribution in [0.5, 0.6) is 0 Å². The van der Waals surface area contributed by atoms with E-state index in [0.717, 1.165) is 5.56 Å². The van der Waals surface area contributed by atoms with Gasteiger partial charge >= 0.3 is 5.97 Å². The summed E-state index contributed by atoms with van der Waals surface area (Å²) in [4.78, 5) is 72.4. The zero-order valence-electron chi connectivity index (χ0n) is 20.5. The smallest absolute Gasteiger partial charge is 0.326 e. The molecule has 14 heteroatoms. The van der Waals surface area contributed by atoms with E-state index in [9.17, 15) is 33.9 Å². The molecule has 0 aromatic heterocycles. The van der Waals surface area contributed by atoms with Crippen LogP contribution >= 0.6 is 11.8 Å². The molecule has 0 aliphatic carbocycles. The van der Waals surface area contributed by atoms with Crippen molar-refractivity contribution in [2.24, 2.45) is 17.2 Å². The summed E-state index contributed by atoms with van der Waals surface area (Å²) < 4.78 is 0. The van der Waals surface area contributed by atoms with Crippen LogP contribution in [0.25, 0.3) is 0 Å². The van der Waals surface area contributed by atoms with Crippen molar-refractivity contribution < 1.29 is 33.9 Å². The molecular formula is C23H34N6O7S. The third kappa shape index (κ3) is 12.2. The number of amides is 5. The van der Waals surface area contributed by atoms with Gasteiger partial charge < -0.3 is 38.3 Å². The van der Waals surface area contributed by atoms with Crippen LogP contribution in [0.1, 0.15) is 31.2 Å². The summed E-state index contributed by atoms with van der Waals surface area (Å²) >= 11 is 1.42. The number of rotatable bonds is 17. The van der Waals surface area contributed by atoms with Gasteiger partial charge in [0.15, 0.2) is 0 Å². The molecule has 13 nitrogen and oxygen atoms in total. The Labute approximate surface area is 218 Å². The minimum absolute atomic E-state index is 0.193. The first kappa shape index (κ1) is 31.4. The van der Waals surface area contributed by atoms with Crippen LogP contribution in [0.2, 0.25) is 0 Å². The van der Waals surface area contributed by atoms with Crippen molar-refractivity contribution >= 4 is 47.3 Å². The van der Waals surface area contributed by atoms with E-state index in [1.165, 1.54) is 11.8 Å². The Morgan fingerprint density at radius 2 is 1.41 bits per heavy atom. The molecule has 1 aromatic carbocycles. The van der Waals surface area contributed by atoms with Crippen molar-refractivity contribution in [1.29, 1.82) is 0 Å². The van der Waals surface area contributed by atoms with Crippen LogP contribution in [0.15, 0.2) is 30.3 Å². The predicted molar refractivity (Wildman–Crippen MR) is 137 cm³/mol. The molecule has 10 N–H and O–H groups in total. The van der Waals surface area contributed by atoms with Gasteiger partial charge in [-0.1, -0.05) is 30.3 Å². The van der Waals surface area contributed by atoms with Crippen LogP contribution in [0.4, 0.5) is 0 Å². The fourth-order valence-electron chi connectivity index (χ4n) is 3.24. The Morgan fingerprint density at radius 1 is 0.838 bits per heavy atom. The molecule has 204 valence electrons. The van der Waals surface area contributed by atoms with E-state index in [2.05, 4.69) is 16.0 Å². The lowest BCUT2D eigenvalue weighted by Crippen LogP contribution is -2.58. The van der Waals surface area contributed by atoms with Crippen molar-refractivity contribution in [3.05, 3.63) is 35.9 Å². The zero-order chi connectivity index (χ0) is 28.0. The van der Waals surface area contributed by atoms with E-state index in [4.69, 9.17) is 17.2 Å². The molecule has 37 heavy (non-hydrogen) atoms. The van der Waals surface area contributed by atoms with E-state index in [1.54, 1.807) is 18.4 Å². The maximum absolute atomic E-state index is 13.0. The van der Waals surface area contributed by atoms with E-state index < -0.39 is 66.1 Å². The molecule has 0 bridgehead atoms. The Kier molecular flexibility index (Phi) is 13.7. The molecule has 5 amide bonds. The molecule has 0 fully saturated rings. The number of nitrogens with one attached hydrogen (secondary N) is 3. The third-order valence-corrected chi connectivity index (χ3v) is 5.86. The van der Waals surface area contributed by atoms with Gasteiger partial charge in [-0.05, 0) is 36.8 Å². The predicted octanol–water partition coefficient (Wildman–Crippen LogP) is -2.01. The largest absolute Gasteiger partial charge is 0.480 e. The molecule has 4 atom stereocenters. The van der Waals surface area contributed by atoms with Gasteiger partial charge in [0.05, 0.1) is 12.5 Å². The highest BCUT2D eigenvalue weighted by Crippen LogP contribution is 2.06. The summed E-state index contributed by atoms with van der Waals surface area (Å²) in [6, 6.07) is 4.02. The SMILES string of the molecule is CSCCC(NC(=O)C(N)Cc1ccccc1)C(=O)NC(CC(N)=O)C(=O)NC(CCC(N)=O)C(=O)O. The van der Waals surface area contributed by atoms with Crippen molar-refractivity contribution in [1.82, 2.24) is 16.0 Å². The number of hydrogen-bond acceptors (Lipinski definition) is 8. The first-order chi connectivity index (χ1) is 17.4. The summed E-state index contributed by atoms with van der Waals surface area (Å²) in [5.41, 5.74) is 17.1. The van der Waals surface area contributed by atoms with Crippen LogP contribution in [-0.2, 0) is 35.2 Å². The highest BCUT2D eigenvalue weighted by molar-refractivity contribution is 7.98. The number of primary amides is 2. The first-order valence-electron chi connectivity index (χ1n) is 11.4. The summed E-state index contributed by atoms with van der Waals surface area (Å²) in [5.74, 6) is -5.01. The lowest BCUT2D eigenvalue weighted by molar-refractivity contribution is -0.142. The molecule has 0 aliphatic rings. The fourth-order valence-corrected chi connectivity index (χ4v) is 3.71. The number of benzene rings is 1. The summed E-state index contributed by atoms with van der Waals surface area (Å²) in [5, 5.41) is 16.4. The second-order valence-electron chi connectivity index (χ2n) is 8.27. The number of carboxylic acid groups (broad SMARTS) is 1. The summed E-state index contributed by atoms with van der Waals surface area (Å²) in [6.45, 7) is 0. The lowest BCUT2D eigenvalue weighted by Gasteiger charge is -2.24. The molecular weight excluding hydrogens is 504 g/mol. The number of carbonyl (C=O) groups is 6. The van der Waals surface area contributed by atoms with Gasteiger partial charge in [-0.2, -0.15) is 11.8 Å². The average molecular weight is 539 g/mol. The van der Waals surface area contributed by atoms with Gasteiger partial charge in [0.1, 0.15) is 18.1 Å². The van der Waals surface area contributed by atoms with Gasteiger partial charge in [-0.3, -0.25) is 24.0 Å². The number of carbonyl (C=O) groups excluding carboxylic acids is 5. The Balaban J connectivity index is 2.94. The van der Waals surface area contributed by atoms with Gasteiger partial charge in [0.2, 0.25) is 29.5 Å². The van der Waals surface area contributed by atoms with Gasteiger partial charge in [0, 0.05) is 6.42 Å². The molecule has 1 aromatic rings. The zero-order valence-corrected chi connectivity index (χ0v) is 21.3. The Hall–Kier alpha value is -3.65. The molecule has 0 aliphatic heterocycles.